The Bertz CT molecular complexity index is 1500. The molecule has 5 heterocycles. The summed E-state index contributed by atoms with van der Waals surface area (Å²) in [7, 11) is 0. The van der Waals surface area contributed by atoms with Gasteiger partial charge in [0.2, 0.25) is 11.6 Å². The van der Waals surface area contributed by atoms with E-state index in [0.29, 0.717) is 117 Å². The Morgan fingerprint density at radius 2 is 0.677 bits per heavy atom. The van der Waals surface area contributed by atoms with E-state index in [2.05, 4.69) is 0 Å². The molecule has 18 nitrogen and oxygen atoms in total. The van der Waals surface area contributed by atoms with Gasteiger partial charge in [-0.2, -0.15) is 0 Å². The van der Waals surface area contributed by atoms with Gasteiger partial charge in [0.05, 0.1) is 132 Å². The summed E-state index contributed by atoms with van der Waals surface area (Å²) in [5, 5.41) is 0. The van der Waals surface area contributed by atoms with Crippen molar-refractivity contribution in [3.8, 4) is 0 Å². The van der Waals surface area contributed by atoms with Gasteiger partial charge in [-0.05, 0) is 24.3 Å². The van der Waals surface area contributed by atoms with Crippen molar-refractivity contribution in [2.45, 2.75) is 36.0 Å². The molecule has 2 amide bonds. The van der Waals surface area contributed by atoms with Crippen LogP contribution in [0.1, 0.15) is 20.7 Å². The number of amides is 2. The van der Waals surface area contributed by atoms with Crippen molar-refractivity contribution in [2.24, 2.45) is 0 Å². The Labute approximate surface area is 363 Å². The van der Waals surface area contributed by atoms with Gasteiger partial charge in [0, 0.05) is 24.2 Å². The van der Waals surface area contributed by atoms with Crippen LogP contribution < -0.4 is 0 Å². The number of benzene rings is 2. The van der Waals surface area contributed by atoms with Crippen LogP contribution in [-0.2, 0) is 66.3 Å². The normalized spacial score (nSPS) is 31.5. The molecular formula is C44H62N2O16. The number of carbonyl (C=O) groups excluding carboxylic acids is 2. The molecule has 62 heavy (non-hydrogen) atoms. The Hall–Kier alpha value is -3.18. The third-order valence-electron chi connectivity index (χ3n) is 10.6. The molecule has 6 bridgehead atoms. The van der Waals surface area contributed by atoms with Gasteiger partial charge in [0.1, 0.15) is 37.6 Å². The zero-order chi connectivity index (χ0) is 42.7. The van der Waals surface area contributed by atoms with Gasteiger partial charge in [-0.3, -0.25) is 9.59 Å². The van der Waals surface area contributed by atoms with Crippen molar-refractivity contribution >= 4 is 11.8 Å². The summed E-state index contributed by atoms with van der Waals surface area (Å²) in [5.74, 6) is -2.60. The molecule has 0 N–H and O–H groups in total. The van der Waals surface area contributed by atoms with Crippen LogP contribution in [0.25, 0.3) is 0 Å². The lowest BCUT2D eigenvalue weighted by Gasteiger charge is -2.48. The minimum Gasteiger partial charge on any atom is -0.377 e. The number of carbonyl (C=O) groups is 2. The second-order valence-corrected chi connectivity index (χ2v) is 15.7. The summed E-state index contributed by atoms with van der Waals surface area (Å²) in [6.07, 6.45) is -1.75. The van der Waals surface area contributed by atoms with E-state index in [-0.39, 0.29) is 64.5 Å². The smallest absolute Gasteiger partial charge is 0.254 e. The molecule has 5 saturated heterocycles. The zero-order valence-electron chi connectivity index (χ0n) is 35.5. The van der Waals surface area contributed by atoms with E-state index >= 15 is 0 Å². The average molecular weight is 875 g/mol. The summed E-state index contributed by atoms with van der Waals surface area (Å²) in [5.41, 5.74) is 1.16. The van der Waals surface area contributed by atoms with E-state index in [1.165, 1.54) is 0 Å². The van der Waals surface area contributed by atoms with Crippen molar-refractivity contribution in [1.82, 2.24) is 9.80 Å². The van der Waals surface area contributed by atoms with E-state index in [0.717, 1.165) is 0 Å². The number of hydrogen-bond acceptors (Lipinski definition) is 16. The van der Waals surface area contributed by atoms with Gasteiger partial charge in [-0.15, -0.1) is 0 Å². The zero-order valence-corrected chi connectivity index (χ0v) is 35.5. The molecule has 344 valence electrons. The monoisotopic (exact) mass is 874 g/mol. The fourth-order valence-electron chi connectivity index (χ4n) is 7.83. The molecule has 2 aromatic carbocycles. The number of nitrogens with zero attached hydrogens (tertiary/aromatic N) is 2. The van der Waals surface area contributed by atoms with Gasteiger partial charge >= 0.3 is 0 Å². The van der Waals surface area contributed by atoms with Crippen LogP contribution in [0.15, 0.2) is 60.7 Å². The lowest BCUT2D eigenvalue weighted by molar-refractivity contribution is -0.355. The molecule has 6 unspecified atom stereocenters. The van der Waals surface area contributed by atoms with Crippen molar-refractivity contribution in [1.29, 1.82) is 0 Å². The number of ether oxygens (including phenoxy) is 14. The third-order valence-corrected chi connectivity index (χ3v) is 10.6. The lowest BCUT2D eigenvalue weighted by atomic mass is 10.1. The van der Waals surface area contributed by atoms with Gasteiger partial charge in [-0.1, -0.05) is 36.4 Å². The highest BCUT2D eigenvalue weighted by molar-refractivity contribution is 5.94. The first-order valence-electron chi connectivity index (χ1n) is 21.7. The van der Waals surface area contributed by atoms with Crippen LogP contribution in [0.4, 0.5) is 0 Å². The Balaban J connectivity index is 0.903. The van der Waals surface area contributed by atoms with Crippen molar-refractivity contribution < 1.29 is 75.9 Å². The fraction of sp³-hybridized carbons (Fsp3) is 0.682. The van der Waals surface area contributed by atoms with Gasteiger partial charge in [-0.25, -0.2) is 0 Å². The van der Waals surface area contributed by atoms with Gasteiger partial charge in [0.25, 0.3) is 11.8 Å². The highest BCUT2D eigenvalue weighted by atomic mass is 16.8. The highest BCUT2D eigenvalue weighted by Crippen LogP contribution is 2.31. The van der Waals surface area contributed by atoms with Crippen LogP contribution in [0, 0.1) is 0 Å². The number of morpholine rings is 2. The molecule has 2 spiro atoms. The summed E-state index contributed by atoms with van der Waals surface area (Å²) < 4.78 is 84.5. The maximum absolute atomic E-state index is 13.6. The minimum atomic E-state index is -1.18. The molecule has 5 fully saturated rings. The SMILES string of the molecule is O=C(c1ccccc1)N1CC2COCCOCCOCCOCC3COCC4(CN(C(=O)c5ccccc5)CC(COCCOCCOCCOCC5COCC(C1)(O5)O2)O4)O3. The second kappa shape index (κ2) is 24.8. The Morgan fingerprint density at radius 1 is 0.387 bits per heavy atom. The maximum Gasteiger partial charge on any atom is 0.254 e. The predicted molar refractivity (Wildman–Crippen MR) is 218 cm³/mol. The van der Waals surface area contributed by atoms with Gasteiger partial charge in [0.15, 0.2) is 0 Å². The van der Waals surface area contributed by atoms with E-state index in [4.69, 9.17) is 66.3 Å². The molecule has 7 rings (SSSR count). The van der Waals surface area contributed by atoms with E-state index < -0.39 is 36.0 Å². The summed E-state index contributed by atoms with van der Waals surface area (Å²) in [4.78, 5) is 30.7. The van der Waals surface area contributed by atoms with Crippen molar-refractivity contribution in [2.75, 3.05) is 158 Å². The first kappa shape index (κ1) is 46.8. The molecule has 5 aliphatic heterocycles. The van der Waals surface area contributed by atoms with E-state index in [9.17, 15) is 9.59 Å². The minimum absolute atomic E-state index is 0.122. The highest BCUT2D eigenvalue weighted by Gasteiger charge is 2.49. The van der Waals surface area contributed by atoms with Crippen LogP contribution in [0.2, 0.25) is 0 Å². The standard InChI is InChI=1S/C44H62N2O16/c47-41(35-7-3-1-4-8-35)45-23-37-25-53-19-15-49-11-13-52-18-22-56-28-40-30-58-34-44(62-40)32-46(42(48)36-9-5-2-6-10-36)24-38(60-44)26-54-20-16-50-12-14-51-17-21-55-27-39-29-57-33-43(31-45,59-37)61-39/h1-10,37-40H,11-34H2. The van der Waals surface area contributed by atoms with Crippen LogP contribution in [-0.4, -0.2) is 216 Å². The molecule has 0 aromatic heterocycles. The number of fused-ring (bicyclic) bond motifs is 4. The van der Waals surface area contributed by atoms with Crippen LogP contribution >= 0.6 is 0 Å². The molecule has 0 aliphatic carbocycles. The van der Waals surface area contributed by atoms with E-state index in [1.54, 1.807) is 34.1 Å². The molecule has 6 atom stereocenters. The quantitative estimate of drug-likeness (QED) is 0.425. The fourth-order valence-corrected chi connectivity index (χ4v) is 7.83. The van der Waals surface area contributed by atoms with Crippen LogP contribution in [0.5, 0.6) is 0 Å². The van der Waals surface area contributed by atoms with Crippen LogP contribution in [0.3, 0.4) is 0 Å². The predicted octanol–water partition coefficient (Wildman–Crippen LogP) is 1.44. The molecule has 2 aromatic rings. The molecular weight excluding hydrogens is 812 g/mol. The number of hydrogen-bond donors (Lipinski definition) is 0. The maximum atomic E-state index is 13.6. The third kappa shape index (κ3) is 14.4. The summed E-state index contributed by atoms with van der Waals surface area (Å²) in [6, 6.07) is 18.3. The largest absolute Gasteiger partial charge is 0.377 e. The molecule has 18 heteroatoms. The summed E-state index contributed by atoms with van der Waals surface area (Å²) >= 11 is 0. The Morgan fingerprint density at radius 3 is 1.03 bits per heavy atom. The first-order chi connectivity index (χ1) is 30.5. The first-order valence-corrected chi connectivity index (χ1v) is 21.7. The van der Waals surface area contributed by atoms with Crippen molar-refractivity contribution in [3.05, 3.63) is 71.8 Å². The van der Waals surface area contributed by atoms with Gasteiger partial charge < -0.3 is 76.1 Å². The molecule has 0 saturated carbocycles. The molecule has 0 radical (unpaired) electrons. The lowest BCUT2D eigenvalue weighted by Crippen LogP contribution is -2.64. The second-order valence-electron chi connectivity index (χ2n) is 15.7. The average Bonchev–Trinajstić information content (AvgIpc) is 3.29. The topological polar surface area (TPSA) is 170 Å². The number of rotatable bonds is 2. The molecule has 5 aliphatic rings. The Kier molecular flexibility index (Phi) is 18.7. The van der Waals surface area contributed by atoms with E-state index in [1.807, 2.05) is 36.4 Å². The summed E-state index contributed by atoms with van der Waals surface area (Å²) in [6.45, 7) is 7.26. The van der Waals surface area contributed by atoms with Crippen molar-refractivity contribution in [3.63, 3.8) is 0 Å².